The quantitative estimate of drug-likeness (QED) is 0.440. The lowest BCUT2D eigenvalue weighted by Gasteiger charge is -2.09. The number of nitrogens with one attached hydrogen (secondary N) is 1. The van der Waals surface area contributed by atoms with Crippen molar-refractivity contribution >= 4 is 49.1 Å². The van der Waals surface area contributed by atoms with Crippen molar-refractivity contribution in [3.63, 3.8) is 0 Å². The fraction of sp³-hybridized carbons (Fsp3) is 0.136. The van der Waals surface area contributed by atoms with Gasteiger partial charge in [0.1, 0.15) is 17.0 Å². The van der Waals surface area contributed by atoms with Crippen LogP contribution < -0.4 is 15.6 Å². The Hall–Kier alpha value is -2.97. The first-order valence-electron chi connectivity index (χ1n) is 9.14. The number of hydrogen-bond acceptors (Lipinski definition) is 5. The molecule has 2 aromatic heterocycles. The van der Waals surface area contributed by atoms with E-state index in [0.29, 0.717) is 15.9 Å². The number of amides is 1. The van der Waals surface area contributed by atoms with Crippen LogP contribution in [0.4, 0.5) is 5.69 Å². The van der Waals surface area contributed by atoms with Gasteiger partial charge in [0.15, 0.2) is 0 Å². The van der Waals surface area contributed by atoms with Gasteiger partial charge in [0.2, 0.25) is 5.91 Å². The molecule has 4 aromatic rings. The van der Waals surface area contributed by atoms with Gasteiger partial charge in [-0.2, -0.15) is 0 Å². The number of ether oxygens (including phenoxy) is 1. The Morgan fingerprint density at radius 1 is 1.20 bits per heavy atom. The average Bonchev–Trinajstić information content (AvgIpc) is 3.17. The summed E-state index contributed by atoms with van der Waals surface area (Å²) in [5.41, 5.74) is 3.10. The number of thiophene rings is 1. The van der Waals surface area contributed by atoms with Crippen LogP contribution in [0, 0.1) is 6.92 Å². The summed E-state index contributed by atoms with van der Waals surface area (Å²) in [5.74, 6) is 0.473. The first kappa shape index (κ1) is 20.3. The van der Waals surface area contributed by atoms with E-state index in [1.165, 1.54) is 22.2 Å². The minimum absolute atomic E-state index is 0.113. The first-order chi connectivity index (χ1) is 14.4. The second-order valence-corrected chi connectivity index (χ2v) is 8.67. The van der Waals surface area contributed by atoms with E-state index in [2.05, 4.69) is 26.2 Å². The Balaban J connectivity index is 1.58. The zero-order valence-corrected chi connectivity index (χ0v) is 18.7. The lowest BCUT2D eigenvalue weighted by Crippen LogP contribution is -2.27. The molecule has 2 aromatic carbocycles. The third-order valence-electron chi connectivity index (χ3n) is 4.59. The Morgan fingerprint density at radius 3 is 2.67 bits per heavy atom. The highest BCUT2D eigenvalue weighted by Gasteiger charge is 2.13. The second-order valence-electron chi connectivity index (χ2n) is 6.76. The largest absolute Gasteiger partial charge is 0.497 e. The molecule has 0 radical (unpaired) electrons. The third kappa shape index (κ3) is 4.15. The van der Waals surface area contributed by atoms with Crippen LogP contribution in [-0.4, -0.2) is 22.6 Å². The normalized spacial score (nSPS) is 10.9. The Labute approximate surface area is 185 Å². The molecule has 0 aliphatic rings. The number of aromatic nitrogens is 2. The van der Waals surface area contributed by atoms with E-state index in [-0.39, 0.29) is 18.0 Å². The highest BCUT2D eigenvalue weighted by molar-refractivity contribution is 9.10. The third-order valence-corrected chi connectivity index (χ3v) is 6.41. The Morgan fingerprint density at radius 2 is 1.97 bits per heavy atom. The smallest absolute Gasteiger partial charge is 0.271 e. The molecule has 0 aliphatic heterocycles. The lowest BCUT2D eigenvalue weighted by atomic mass is 10.2. The fourth-order valence-corrected chi connectivity index (χ4v) is 4.68. The number of anilines is 1. The molecule has 0 spiro atoms. The maximum Gasteiger partial charge on any atom is 0.271 e. The van der Waals surface area contributed by atoms with E-state index in [1.54, 1.807) is 7.11 Å². The summed E-state index contributed by atoms with van der Waals surface area (Å²) >= 11 is 4.80. The number of aryl methyl sites for hydroxylation is 1. The predicted octanol–water partition coefficient (Wildman–Crippen LogP) is 4.84. The maximum absolute atomic E-state index is 12.9. The molecule has 0 saturated carbocycles. The summed E-state index contributed by atoms with van der Waals surface area (Å²) in [7, 11) is 1.62. The highest BCUT2D eigenvalue weighted by atomic mass is 79.9. The van der Waals surface area contributed by atoms with Crippen LogP contribution >= 0.6 is 27.3 Å². The first-order valence-corrected chi connectivity index (χ1v) is 10.7. The van der Waals surface area contributed by atoms with E-state index in [9.17, 15) is 9.59 Å². The van der Waals surface area contributed by atoms with Crippen molar-refractivity contribution in [2.75, 3.05) is 12.4 Å². The van der Waals surface area contributed by atoms with E-state index < -0.39 is 0 Å². The van der Waals surface area contributed by atoms with Crippen LogP contribution in [0.3, 0.4) is 0 Å². The molecule has 1 N–H and O–H groups in total. The van der Waals surface area contributed by atoms with Crippen LogP contribution in [0.2, 0.25) is 0 Å². The zero-order valence-electron chi connectivity index (χ0n) is 16.3. The second kappa shape index (κ2) is 8.41. The van der Waals surface area contributed by atoms with Crippen LogP contribution in [0.25, 0.3) is 20.7 Å². The number of halogens is 1. The summed E-state index contributed by atoms with van der Waals surface area (Å²) in [6.07, 6.45) is 1.42. The van der Waals surface area contributed by atoms with Crippen molar-refractivity contribution in [3.8, 4) is 16.2 Å². The number of nitrogens with zero attached hydrogens (tertiary/aromatic N) is 2. The molecule has 4 rings (SSSR count). The molecule has 0 bridgehead atoms. The van der Waals surface area contributed by atoms with Crippen molar-refractivity contribution in [2.45, 2.75) is 13.5 Å². The summed E-state index contributed by atoms with van der Waals surface area (Å²) in [5, 5.41) is 2.82. The Kier molecular flexibility index (Phi) is 5.69. The van der Waals surface area contributed by atoms with Gasteiger partial charge in [-0.15, -0.1) is 11.3 Å². The van der Waals surface area contributed by atoms with Crippen molar-refractivity contribution in [3.05, 3.63) is 75.2 Å². The maximum atomic E-state index is 12.9. The van der Waals surface area contributed by atoms with Gasteiger partial charge in [-0.05, 0) is 76.4 Å². The van der Waals surface area contributed by atoms with Gasteiger partial charge < -0.3 is 10.1 Å². The van der Waals surface area contributed by atoms with Crippen LogP contribution in [0.1, 0.15) is 5.56 Å². The minimum Gasteiger partial charge on any atom is -0.497 e. The van der Waals surface area contributed by atoms with E-state index in [4.69, 9.17) is 4.74 Å². The molecule has 0 unspecified atom stereocenters. The number of hydrogen-bond donors (Lipinski definition) is 1. The molecule has 152 valence electrons. The molecule has 0 fully saturated rings. The number of rotatable bonds is 5. The van der Waals surface area contributed by atoms with E-state index >= 15 is 0 Å². The summed E-state index contributed by atoms with van der Waals surface area (Å²) in [4.78, 5) is 30.7. The summed E-state index contributed by atoms with van der Waals surface area (Å²) in [6.45, 7) is 1.86. The molecule has 0 saturated heterocycles. The highest BCUT2D eigenvalue weighted by Crippen LogP contribution is 2.31. The average molecular weight is 484 g/mol. The van der Waals surface area contributed by atoms with Crippen molar-refractivity contribution in [2.24, 2.45) is 0 Å². The van der Waals surface area contributed by atoms with Crippen molar-refractivity contribution in [1.29, 1.82) is 0 Å². The minimum atomic E-state index is -0.297. The van der Waals surface area contributed by atoms with Gasteiger partial charge >= 0.3 is 0 Å². The van der Waals surface area contributed by atoms with Crippen molar-refractivity contribution < 1.29 is 9.53 Å². The van der Waals surface area contributed by atoms with Gasteiger partial charge in [0.05, 0.1) is 24.6 Å². The molecule has 2 heterocycles. The molecule has 6 nitrogen and oxygen atoms in total. The molecule has 8 heteroatoms. The van der Waals surface area contributed by atoms with Crippen LogP contribution in [0.5, 0.6) is 5.75 Å². The number of carbonyl (C=O) groups is 1. The number of fused-ring (bicyclic) bond motifs is 1. The van der Waals surface area contributed by atoms with Crippen LogP contribution in [-0.2, 0) is 11.3 Å². The standard InChI is InChI=1S/C22H18BrN3O3S/c1-13-3-8-17(16(23)9-13)25-20(27)11-26-12-24-18-10-19(30-21(18)22(26)28)14-4-6-15(29-2)7-5-14/h3-10,12H,11H2,1-2H3,(H,25,27). The SMILES string of the molecule is COc1ccc(-c2cc3ncn(CC(=O)Nc4ccc(C)cc4Br)c(=O)c3s2)cc1. The molecule has 0 atom stereocenters. The Bertz CT molecular complexity index is 1300. The zero-order chi connectivity index (χ0) is 21.3. The summed E-state index contributed by atoms with van der Waals surface area (Å²) in [6, 6.07) is 15.2. The fourth-order valence-electron chi connectivity index (χ4n) is 3.02. The van der Waals surface area contributed by atoms with E-state index in [0.717, 1.165) is 26.2 Å². The van der Waals surface area contributed by atoms with Gasteiger partial charge in [-0.25, -0.2) is 4.98 Å². The molecular weight excluding hydrogens is 466 g/mol. The van der Waals surface area contributed by atoms with Gasteiger partial charge in [0.25, 0.3) is 5.56 Å². The lowest BCUT2D eigenvalue weighted by molar-refractivity contribution is -0.116. The number of carbonyl (C=O) groups excluding carboxylic acids is 1. The van der Waals surface area contributed by atoms with Gasteiger partial charge in [-0.1, -0.05) is 6.07 Å². The van der Waals surface area contributed by atoms with Gasteiger partial charge in [0, 0.05) is 9.35 Å². The topological polar surface area (TPSA) is 73.2 Å². The van der Waals surface area contributed by atoms with Crippen molar-refractivity contribution in [1.82, 2.24) is 9.55 Å². The molecule has 0 aliphatic carbocycles. The molecule has 1 amide bonds. The number of methoxy groups -OCH3 is 1. The van der Waals surface area contributed by atoms with Crippen LogP contribution in [0.15, 0.2) is 64.1 Å². The predicted molar refractivity (Wildman–Crippen MR) is 123 cm³/mol. The number of benzene rings is 2. The van der Waals surface area contributed by atoms with Gasteiger partial charge in [-0.3, -0.25) is 14.2 Å². The molecule has 30 heavy (non-hydrogen) atoms. The monoisotopic (exact) mass is 483 g/mol. The summed E-state index contributed by atoms with van der Waals surface area (Å²) < 4.78 is 7.83. The molecular formula is C22H18BrN3O3S. The van der Waals surface area contributed by atoms with E-state index in [1.807, 2.05) is 55.5 Å².